The lowest BCUT2D eigenvalue weighted by Gasteiger charge is -2.23. The molecule has 8 nitrogen and oxygen atoms in total. The first-order valence-corrected chi connectivity index (χ1v) is 10.3. The molecule has 0 bridgehead atoms. The summed E-state index contributed by atoms with van der Waals surface area (Å²) in [5.74, 6) is 0.0705. The Labute approximate surface area is 182 Å². The summed E-state index contributed by atoms with van der Waals surface area (Å²) >= 11 is 0. The predicted molar refractivity (Wildman–Crippen MR) is 115 cm³/mol. The molecule has 2 aromatic rings. The first kappa shape index (κ1) is 24.3. The average Bonchev–Trinajstić information content (AvgIpc) is 2.80. The molecule has 0 aliphatic carbocycles. The minimum atomic E-state index is -0.492. The normalized spacial score (nSPS) is 12.6. The van der Waals surface area contributed by atoms with Crippen molar-refractivity contribution >= 4 is 11.8 Å². The van der Waals surface area contributed by atoms with Crippen molar-refractivity contribution in [1.29, 1.82) is 0 Å². The van der Waals surface area contributed by atoms with Crippen LogP contribution in [-0.2, 0) is 14.3 Å². The molecule has 31 heavy (non-hydrogen) atoms. The van der Waals surface area contributed by atoms with E-state index in [0.29, 0.717) is 36.5 Å². The fourth-order valence-corrected chi connectivity index (χ4v) is 2.96. The third kappa shape index (κ3) is 8.37. The van der Waals surface area contributed by atoms with Gasteiger partial charge in [-0.1, -0.05) is 25.1 Å². The highest BCUT2D eigenvalue weighted by Gasteiger charge is 2.23. The third-order valence-corrected chi connectivity index (χ3v) is 4.66. The first-order valence-electron chi connectivity index (χ1n) is 10.3. The van der Waals surface area contributed by atoms with Gasteiger partial charge in [0.15, 0.2) is 0 Å². The summed E-state index contributed by atoms with van der Waals surface area (Å²) in [6.07, 6.45) is 0.825. The summed E-state index contributed by atoms with van der Waals surface area (Å²) in [7, 11) is 0. The summed E-state index contributed by atoms with van der Waals surface area (Å²) in [6.45, 7) is 4.48. The Morgan fingerprint density at radius 1 is 0.968 bits per heavy atom. The van der Waals surface area contributed by atoms with Crippen molar-refractivity contribution in [3.8, 4) is 11.5 Å². The van der Waals surface area contributed by atoms with Crippen LogP contribution < -0.4 is 15.5 Å². The standard InChI is InChI=1S/C23H30N2O6/c1-3-17(23(27)25-28)14-19(15-30-16-29-4-2)24-22(26)18-10-12-21(13-11-18)31-20-8-6-5-7-9-20/h5-13,17,19,28H,3-4,14-16H2,1-2H3,(H,24,26)(H,25,27)/t17-,19-/m0/s1. The van der Waals surface area contributed by atoms with Crippen molar-refractivity contribution in [3.63, 3.8) is 0 Å². The van der Waals surface area contributed by atoms with E-state index >= 15 is 0 Å². The van der Waals surface area contributed by atoms with Crippen molar-refractivity contribution in [2.24, 2.45) is 5.92 Å². The maximum Gasteiger partial charge on any atom is 0.251 e. The van der Waals surface area contributed by atoms with Gasteiger partial charge in [0.1, 0.15) is 18.3 Å². The van der Waals surface area contributed by atoms with Gasteiger partial charge in [0.2, 0.25) is 5.91 Å². The van der Waals surface area contributed by atoms with E-state index in [1.165, 1.54) is 0 Å². The van der Waals surface area contributed by atoms with Gasteiger partial charge in [0.25, 0.3) is 5.91 Å². The Kier molecular flexibility index (Phi) is 10.5. The summed E-state index contributed by atoms with van der Waals surface area (Å²) in [5.41, 5.74) is 2.13. The number of ether oxygens (including phenoxy) is 3. The van der Waals surface area contributed by atoms with E-state index in [4.69, 9.17) is 19.4 Å². The van der Waals surface area contributed by atoms with Gasteiger partial charge in [-0.15, -0.1) is 0 Å². The van der Waals surface area contributed by atoms with E-state index < -0.39 is 17.9 Å². The monoisotopic (exact) mass is 430 g/mol. The zero-order chi connectivity index (χ0) is 22.5. The van der Waals surface area contributed by atoms with Crippen LogP contribution in [0.5, 0.6) is 11.5 Å². The number of carbonyl (C=O) groups excluding carboxylic acids is 2. The molecule has 0 radical (unpaired) electrons. The second-order valence-electron chi connectivity index (χ2n) is 6.91. The van der Waals surface area contributed by atoms with E-state index in [2.05, 4.69) is 5.32 Å². The lowest BCUT2D eigenvalue weighted by molar-refractivity contribution is -0.134. The maximum absolute atomic E-state index is 12.7. The molecule has 0 unspecified atom stereocenters. The van der Waals surface area contributed by atoms with E-state index in [9.17, 15) is 9.59 Å². The number of hydrogen-bond acceptors (Lipinski definition) is 6. The first-order chi connectivity index (χ1) is 15.1. The van der Waals surface area contributed by atoms with Crippen molar-refractivity contribution in [3.05, 3.63) is 60.2 Å². The largest absolute Gasteiger partial charge is 0.457 e. The van der Waals surface area contributed by atoms with Gasteiger partial charge in [0, 0.05) is 18.1 Å². The zero-order valence-electron chi connectivity index (χ0n) is 17.9. The van der Waals surface area contributed by atoms with Crippen LogP contribution in [0.25, 0.3) is 0 Å². The molecule has 2 atom stereocenters. The van der Waals surface area contributed by atoms with E-state index in [1.54, 1.807) is 29.7 Å². The van der Waals surface area contributed by atoms with E-state index in [-0.39, 0.29) is 19.3 Å². The van der Waals surface area contributed by atoms with Gasteiger partial charge >= 0.3 is 0 Å². The van der Waals surface area contributed by atoms with Crippen LogP contribution in [-0.4, -0.2) is 43.1 Å². The molecule has 0 heterocycles. The van der Waals surface area contributed by atoms with Crippen molar-refractivity contribution < 1.29 is 29.0 Å². The number of nitrogens with one attached hydrogen (secondary N) is 2. The minimum Gasteiger partial charge on any atom is -0.457 e. The molecule has 0 saturated carbocycles. The van der Waals surface area contributed by atoms with Crippen LogP contribution in [0.1, 0.15) is 37.0 Å². The second kappa shape index (κ2) is 13.4. The molecule has 2 rings (SSSR count). The van der Waals surface area contributed by atoms with Gasteiger partial charge in [-0.2, -0.15) is 0 Å². The van der Waals surface area contributed by atoms with Crippen LogP contribution in [0.4, 0.5) is 0 Å². The number of rotatable bonds is 13. The van der Waals surface area contributed by atoms with Crippen LogP contribution in [0.15, 0.2) is 54.6 Å². The van der Waals surface area contributed by atoms with Gasteiger partial charge < -0.3 is 19.5 Å². The molecule has 0 aromatic heterocycles. The van der Waals surface area contributed by atoms with Crippen molar-refractivity contribution in [2.45, 2.75) is 32.7 Å². The molecule has 0 spiro atoms. The van der Waals surface area contributed by atoms with Gasteiger partial charge in [-0.25, -0.2) is 5.48 Å². The van der Waals surface area contributed by atoms with Gasteiger partial charge in [0.05, 0.1) is 12.6 Å². The Morgan fingerprint density at radius 2 is 1.65 bits per heavy atom. The molecular weight excluding hydrogens is 400 g/mol. The summed E-state index contributed by atoms with van der Waals surface area (Å²) < 4.78 is 16.4. The topological polar surface area (TPSA) is 106 Å². The summed E-state index contributed by atoms with van der Waals surface area (Å²) in [5, 5.41) is 11.8. The maximum atomic E-state index is 12.7. The number of para-hydroxylation sites is 1. The SMILES string of the molecule is CCOCOC[C@H](C[C@H](CC)C(=O)NO)NC(=O)c1ccc(Oc2ccccc2)cc1. The molecule has 2 aromatic carbocycles. The average molecular weight is 431 g/mol. The Morgan fingerprint density at radius 3 is 2.26 bits per heavy atom. The molecule has 0 aliphatic heterocycles. The highest BCUT2D eigenvalue weighted by atomic mass is 16.7. The fourth-order valence-electron chi connectivity index (χ4n) is 2.96. The molecule has 0 saturated heterocycles. The lowest BCUT2D eigenvalue weighted by Crippen LogP contribution is -2.42. The van der Waals surface area contributed by atoms with Gasteiger partial charge in [-0.05, 0) is 56.2 Å². The van der Waals surface area contributed by atoms with Crippen LogP contribution >= 0.6 is 0 Å². The number of carbonyl (C=O) groups is 2. The van der Waals surface area contributed by atoms with Crippen LogP contribution in [0, 0.1) is 5.92 Å². The molecule has 3 N–H and O–H groups in total. The number of amides is 2. The molecule has 168 valence electrons. The van der Waals surface area contributed by atoms with Crippen LogP contribution in [0.2, 0.25) is 0 Å². The lowest BCUT2D eigenvalue weighted by atomic mass is 9.96. The molecular formula is C23H30N2O6. The Bertz CT molecular complexity index is 797. The summed E-state index contributed by atoms with van der Waals surface area (Å²) in [4.78, 5) is 24.6. The zero-order valence-corrected chi connectivity index (χ0v) is 17.9. The Hall–Kier alpha value is -2.94. The quantitative estimate of drug-likeness (QED) is 0.194. The molecule has 8 heteroatoms. The van der Waals surface area contributed by atoms with E-state index in [1.807, 2.05) is 44.2 Å². The molecule has 0 aliphatic rings. The highest BCUT2D eigenvalue weighted by Crippen LogP contribution is 2.21. The number of benzene rings is 2. The second-order valence-corrected chi connectivity index (χ2v) is 6.91. The fraction of sp³-hybridized carbons (Fsp3) is 0.391. The highest BCUT2D eigenvalue weighted by molar-refractivity contribution is 5.94. The minimum absolute atomic E-state index is 0.0946. The molecule has 0 fully saturated rings. The molecule has 2 amide bonds. The third-order valence-electron chi connectivity index (χ3n) is 4.66. The number of hydrogen-bond donors (Lipinski definition) is 3. The predicted octanol–water partition coefficient (Wildman–Crippen LogP) is 3.51. The van der Waals surface area contributed by atoms with Gasteiger partial charge in [-0.3, -0.25) is 14.8 Å². The smallest absolute Gasteiger partial charge is 0.251 e. The summed E-state index contributed by atoms with van der Waals surface area (Å²) in [6, 6.07) is 15.7. The Balaban J connectivity index is 2.00. The van der Waals surface area contributed by atoms with Crippen LogP contribution in [0.3, 0.4) is 0 Å². The van der Waals surface area contributed by atoms with E-state index in [0.717, 1.165) is 0 Å². The van der Waals surface area contributed by atoms with Crippen molar-refractivity contribution in [1.82, 2.24) is 10.8 Å². The number of hydroxylamine groups is 1. The van der Waals surface area contributed by atoms with Crippen molar-refractivity contribution in [2.75, 3.05) is 20.0 Å².